The summed E-state index contributed by atoms with van der Waals surface area (Å²) in [5.41, 5.74) is 2.39. The van der Waals surface area contributed by atoms with Gasteiger partial charge in [0.2, 0.25) is 0 Å². The normalized spacial score (nSPS) is 11.5. The Bertz CT molecular complexity index is 774. The van der Waals surface area contributed by atoms with Gasteiger partial charge in [-0.3, -0.25) is 4.79 Å². The van der Waals surface area contributed by atoms with Crippen LogP contribution in [0.1, 0.15) is 41.4 Å². The summed E-state index contributed by atoms with van der Waals surface area (Å²) in [5, 5.41) is 3.19. The molecule has 0 saturated heterocycles. The summed E-state index contributed by atoms with van der Waals surface area (Å²) in [4.78, 5) is 24.2. The Labute approximate surface area is 158 Å². The largest absolute Gasteiger partial charge is 0.496 e. The Kier molecular flexibility index (Phi) is 7.04. The van der Waals surface area contributed by atoms with Crippen LogP contribution in [0.4, 0.5) is 0 Å². The van der Waals surface area contributed by atoms with E-state index in [1.165, 1.54) is 18.7 Å². The highest BCUT2D eigenvalue weighted by Gasteiger charge is 2.17. The predicted octanol–water partition coefficient (Wildman–Crippen LogP) is 3.95. The average Bonchev–Trinajstić information content (AvgIpc) is 2.66. The molecule has 6 heteroatoms. The van der Waals surface area contributed by atoms with Gasteiger partial charge in [-0.2, -0.15) is 0 Å². The lowest BCUT2D eigenvalue weighted by Gasteiger charge is -2.15. The topological polar surface area (TPSA) is 64.6 Å². The van der Waals surface area contributed by atoms with Gasteiger partial charge in [0.1, 0.15) is 11.3 Å². The number of ether oxygens (including phenoxy) is 2. The SMILES string of the molecule is CCc1ccc([C@H](C)NC(=O)COC(=O)c2cc(Cl)ccc2OC)cc1. The van der Waals surface area contributed by atoms with Crippen LogP contribution in [0.15, 0.2) is 42.5 Å². The van der Waals surface area contributed by atoms with Crippen molar-refractivity contribution in [1.29, 1.82) is 0 Å². The molecule has 0 aromatic heterocycles. The van der Waals surface area contributed by atoms with E-state index in [0.29, 0.717) is 10.8 Å². The van der Waals surface area contributed by atoms with Crippen molar-refractivity contribution < 1.29 is 19.1 Å². The van der Waals surface area contributed by atoms with Crippen molar-refractivity contribution in [2.75, 3.05) is 13.7 Å². The number of rotatable bonds is 7. The van der Waals surface area contributed by atoms with Crippen molar-refractivity contribution in [3.8, 4) is 5.75 Å². The van der Waals surface area contributed by atoms with Crippen molar-refractivity contribution in [3.63, 3.8) is 0 Å². The fraction of sp³-hybridized carbons (Fsp3) is 0.300. The van der Waals surface area contributed by atoms with Gasteiger partial charge in [-0.1, -0.05) is 42.8 Å². The molecular formula is C20H22ClNO4. The van der Waals surface area contributed by atoms with Crippen LogP contribution in [0.3, 0.4) is 0 Å². The fourth-order valence-electron chi connectivity index (χ4n) is 2.46. The highest BCUT2D eigenvalue weighted by atomic mass is 35.5. The molecule has 0 aliphatic heterocycles. The Morgan fingerprint density at radius 2 is 1.85 bits per heavy atom. The van der Waals surface area contributed by atoms with Gasteiger partial charge in [0.25, 0.3) is 5.91 Å². The highest BCUT2D eigenvalue weighted by molar-refractivity contribution is 6.31. The fourth-order valence-corrected chi connectivity index (χ4v) is 2.63. The predicted molar refractivity (Wildman–Crippen MR) is 101 cm³/mol. The third-order valence-electron chi connectivity index (χ3n) is 3.98. The average molecular weight is 376 g/mol. The molecular weight excluding hydrogens is 354 g/mol. The molecule has 1 amide bonds. The molecule has 0 saturated carbocycles. The van der Waals surface area contributed by atoms with Crippen molar-refractivity contribution >= 4 is 23.5 Å². The van der Waals surface area contributed by atoms with Crippen LogP contribution < -0.4 is 10.1 Å². The van der Waals surface area contributed by atoms with Gasteiger partial charge in [0.05, 0.1) is 13.2 Å². The van der Waals surface area contributed by atoms with Crippen LogP contribution in [0.2, 0.25) is 5.02 Å². The van der Waals surface area contributed by atoms with E-state index in [0.717, 1.165) is 12.0 Å². The smallest absolute Gasteiger partial charge is 0.342 e. The highest BCUT2D eigenvalue weighted by Crippen LogP contribution is 2.23. The minimum atomic E-state index is -0.667. The number of esters is 1. The molecule has 0 aliphatic rings. The maximum absolute atomic E-state index is 12.2. The first kappa shape index (κ1) is 19.8. The zero-order valence-electron chi connectivity index (χ0n) is 15.0. The second kappa shape index (κ2) is 9.25. The molecule has 0 fully saturated rings. The monoisotopic (exact) mass is 375 g/mol. The van der Waals surface area contributed by atoms with Crippen molar-refractivity contribution in [3.05, 3.63) is 64.2 Å². The summed E-state index contributed by atoms with van der Waals surface area (Å²) in [6.07, 6.45) is 0.962. The van der Waals surface area contributed by atoms with Crippen LogP contribution in [0.25, 0.3) is 0 Å². The second-order valence-electron chi connectivity index (χ2n) is 5.81. The number of carbonyl (C=O) groups is 2. The van der Waals surface area contributed by atoms with Crippen molar-refractivity contribution in [1.82, 2.24) is 5.32 Å². The maximum atomic E-state index is 12.2. The third-order valence-corrected chi connectivity index (χ3v) is 4.22. The van der Waals surface area contributed by atoms with Crippen LogP contribution in [-0.4, -0.2) is 25.6 Å². The van der Waals surface area contributed by atoms with Gasteiger partial charge in [-0.15, -0.1) is 0 Å². The quantitative estimate of drug-likeness (QED) is 0.744. The first-order valence-electron chi connectivity index (χ1n) is 8.33. The molecule has 5 nitrogen and oxygen atoms in total. The number of aryl methyl sites for hydroxylation is 1. The van der Waals surface area contributed by atoms with Crippen LogP contribution in [0, 0.1) is 0 Å². The van der Waals surface area contributed by atoms with Gasteiger partial charge >= 0.3 is 5.97 Å². The molecule has 1 N–H and O–H groups in total. The molecule has 0 heterocycles. The number of nitrogens with one attached hydrogen (secondary N) is 1. The molecule has 1 atom stereocenters. The zero-order chi connectivity index (χ0) is 19.1. The van der Waals surface area contributed by atoms with Crippen LogP contribution in [-0.2, 0) is 16.0 Å². The third kappa shape index (κ3) is 5.23. The van der Waals surface area contributed by atoms with Gasteiger partial charge in [-0.25, -0.2) is 4.79 Å². The van der Waals surface area contributed by atoms with Crippen molar-refractivity contribution in [2.45, 2.75) is 26.3 Å². The summed E-state index contributed by atoms with van der Waals surface area (Å²) in [5.74, 6) is -0.713. The van der Waals surface area contributed by atoms with E-state index < -0.39 is 5.97 Å². The summed E-state index contributed by atoms with van der Waals surface area (Å²) < 4.78 is 10.2. The molecule has 0 unspecified atom stereocenters. The number of methoxy groups -OCH3 is 1. The molecule has 0 aliphatic carbocycles. The van der Waals surface area contributed by atoms with Gasteiger partial charge in [-0.05, 0) is 42.7 Å². The molecule has 2 aromatic rings. The number of benzene rings is 2. The Hall–Kier alpha value is -2.53. The molecule has 2 aromatic carbocycles. The molecule has 0 spiro atoms. The van der Waals surface area contributed by atoms with E-state index >= 15 is 0 Å². The summed E-state index contributed by atoms with van der Waals surface area (Å²) in [6, 6.07) is 12.5. The van der Waals surface area contributed by atoms with E-state index in [1.54, 1.807) is 12.1 Å². The molecule has 138 valence electrons. The van der Waals surface area contributed by atoms with Gasteiger partial charge < -0.3 is 14.8 Å². The lowest BCUT2D eigenvalue weighted by atomic mass is 10.1. The van der Waals surface area contributed by atoms with Crippen LogP contribution in [0.5, 0.6) is 5.75 Å². The van der Waals surface area contributed by atoms with E-state index in [9.17, 15) is 9.59 Å². The summed E-state index contributed by atoms with van der Waals surface area (Å²) in [6.45, 7) is 3.58. The van der Waals surface area contributed by atoms with Crippen LogP contribution >= 0.6 is 11.6 Å². The Morgan fingerprint density at radius 3 is 2.46 bits per heavy atom. The summed E-state index contributed by atoms with van der Waals surface area (Å²) >= 11 is 5.90. The number of amides is 1. The van der Waals surface area contributed by atoms with Gasteiger partial charge in [0, 0.05) is 5.02 Å². The minimum Gasteiger partial charge on any atom is -0.496 e. The lowest BCUT2D eigenvalue weighted by Crippen LogP contribution is -2.31. The number of hydrogen-bond acceptors (Lipinski definition) is 4. The first-order chi connectivity index (χ1) is 12.4. The molecule has 2 rings (SSSR count). The summed E-state index contributed by atoms with van der Waals surface area (Å²) in [7, 11) is 1.44. The first-order valence-corrected chi connectivity index (χ1v) is 8.71. The standard InChI is InChI=1S/C20H22ClNO4/c1-4-14-5-7-15(8-6-14)13(2)22-19(23)12-26-20(24)17-11-16(21)9-10-18(17)25-3/h5-11,13H,4,12H2,1-3H3,(H,22,23)/t13-/m0/s1. The van der Waals surface area contributed by atoms with Gasteiger partial charge in [0.15, 0.2) is 6.61 Å². The molecule has 26 heavy (non-hydrogen) atoms. The second-order valence-corrected chi connectivity index (χ2v) is 6.24. The van der Waals surface area contributed by atoms with E-state index in [-0.39, 0.29) is 24.1 Å². The lowest BCUT2D eigenvalue weighted by molar-refractivity contribution is -0.124. The number of halogens is 1. The molecule has 0 bridgehead atoms. The van der Waals surface area contributed by atoms with E-state index in [4.69, 9.17) is 21.1 Å². The van der Waals surface area contributed by atoms with E-state index in [1.807, 2.05) is 31.2 Å². The Balaban J connectivity index is 1.91. The minimum absolute atomic E-state index is 0.177. The number of carbonyl (C=O) groups excluding carboxylic acids is 2. The maximum Gasteiger partial charge on any atom is 0.342 e. The zero-order valence-corrected chi connectivity index (χ0v) is 15.8. The van der Waals surface area contributed by atoms with Crippen molar-refractivity contribution in [2.24, 2.45) is 0 Å². The Morgan fingerprint density at radius 1 is 1.15 bits per heavy atom. The number of hydrogen-bond donors (Lipinski definition) is 1. The molecule has 0 radical (unpaired) electrons. The van der Waals surface area contributed by atoms with E-state index in [2.05, 4.69) is 12.2 Å².